The molecule has 31 heavy (non-hydrogen) atoms. The lowest BCUT2D eigenvalue weighted by Crippen LogP contribution is -2.49. The average Bonchev–Trinajstić information content (AvgIpc) is 3.52. The Morgan fingerprint density at radius 3 is 2.35 bits per heavy atom. The van der Waals surface area contributed by atoms with Gasteiger partial charge in [-0.15, -0.1) is 0 Å². The van der Waals surface area contributed by atoms with Crippen molar-refractivity contribution in [2.75, 3.05) is 0 Å². The maximum Gasteiger partial charge on any atom is 0.198 e. The lowest BCUT2D eigenvalue weighted by atomic mass is 9.81. The van der Waals surface area contributed by atoms with Crippen LogP contribution in [-0.2, 0) is 9.53 Å². The fraction of sp³-hybridized carbons (Fsp3) is 0.360. The van der Waals surface area contributed by atoms with Crippen molar-refractivity contribution < 1.29 is 19.4 Å². The van der Waals surface area contributed by atoms with Crippen LogP contribution in [0.25, 0.3) is 5.57 Å². The third kappa shape index (κ3) is 3.94. The zero-order chi connectivity index (χ0) is 22.6. The molecule has 5 nitrogen and oxygen atoms in total. The molecule has 0 bridgehead atoms. The molecule has 6 heteroatoms. The van der Waals surface area contributed by atoms with Crippen LogP contribution in [0, 0.1) is 11.3 Å². The van der Waals surface area contributed by atoms with Crippen molar-refractivity contribution >= 4 is 23.0 Å². The number of aliphatic hydroxyl groups is 1. The predicted molar refractivity (Wildman–Crippen MR) is 118 cm³/mol. The molecule has 0 atom stereocenters. The summed E-state index contributed by atoms with van der Waals surface area (Å²) in [6.45, 7) is 6.96. The van der Waals surface area contributed by atoms with E-state index in [1.807, 2.05) is 18.2 Å². The Bertz CT molecular complexity index is 1150. The monoisotopic (exact) mass is 437 g/mol. The normalized spacial score (nSPS) is 19.8. The van der Waals surface area contributed by atoms with Gasteiger partial charge in [0.15, 0.2) is 5.78 Å². The van der Waals surface area contributed by atoms with Crippen LogP contribution < -0.4 is 4.74 Å². The second-order valence-electron chi connectivity index (χ2n) is 9.05. The molecule has 2 aliphatic rings. The molecule has 1 fully saturated rings. The number of rotatable bonds is 4. The Labute approximate surface area is 186 Å². The van der Waals surface area contributed by atoms with Crippen LogP contribution in [0.5, 0.6) is 11.5 Å². The summed E-state index contributed by atoms with van der Waals surface area (Å²) >= 11 is 6.12. The minimum atomic E-state index is -1.07. The van der Waals surface area contributed by atoms with Crippen LogP contribution in [0.15, 0.2) is 42.2 Å². The minimum Gasteiger partial charge on any atom is -0.508 e. The Kier molecular flexibility index (Phi) is 5.12. The fourth-order valence-electron chi connectivity index (χ4n) is 4.04. The standard InChI is InChI=1S/C25H24ClNO4/c1-24(2)22(28)21(23(29)25(3,4)31-24)19-11-16(9-10-18(19)14-5-6-14)30-17-8-7-15(13-27)20(26)12-17/h7-12,14,28H,5-6H2,1-4H3. The van der Waals surface area contributed by atoms with E-state index in [-0.39, 0.29) is 17.1 Å². The second kappa shape index (κ2) is 7.40. The highest BCUT2D eigenvalue weighted by Crippen LogP contribution is 2.48. The van der Waals surface area contributed by atoms with Gasteiger partial charge in [0.2, 0.25) is 0 Å². The Hall–Kier alpha value is -2.81. The summed E-state index contributed by atoms with van der Waals surface area (Å²) < 4.78 is 11.9. The number of nitrogens with zero attached hydrogens (tertiary/aromatic N) is 1. The lowest BCUT2D eigenvalue weighted by Gasteiger charge is -2.40. The summed E-state index contributed by atoms with van der Waals surface area (Å²) in [7, 11) is 0. The first-order valence-electron chi connectivity index (χ1n) is 10.2. The van der Waals surface area contributed by atoms with Gasteiger partial charge < -0.3 is 14.6 Å². The van der Waals surface area contributed by atoms with E-state index in [9.17, 15) is 9.90 Å². The Morgan fingerprint density at radius 1 is 1.10 bits per heavy atom. The third-order valence-electron chi connectivity index (χ3n) is 5.70. The first kappa shape index (κ1) is 21.4. The zero-order valence-corrected chi connectivity index (χ0v) is 18.7. The van der Waals surface area contributed by atoms with Crippen LogP contribution in [-0.4, -0.2) is 22.1 Å². The number of hydrogen-bond acceptors (Lipinski definition) is 5. The van der Waals surface area contributed by atoms with Crippen molar-refractivity contribution in [2.45, 2.75) is 57.7 Å². The van der Waals surface area contributed by atoms with Crippen LogP contribution in [0.3, 0.4) is 0 Å². The van der Waals surface area contributed by atoms with Gasteiger partial charge in [-0.25, -0.2) is 0 Å². The molecule has 160 valence electrons. The average molecular weight is 438 g/mol. The molecule has 0 saturated heterocycles. The number of Topliss-reactive ketones (excluding diaryl/α,β-unsaturated/α-hetero) is 1. The molecule has 1 saturated carbocycles. The number of carbonyl (C=O) groups is 1. The lowest BCUT2D eigenvalue weighted by molar-refractivity contribution is -0.158. The van der Waals surface area contributed by atoms with E-state index in [4.69, 9.17) is 26.3 Å². The van der Waals surface area contributed by atoms with Crippen molar-refractivity contribution in [1.29, 1.82) is 5.26 Å². The van der Waals surface area contributed by atoms with Crippen molar-refractivity contribution in [1.82, 2.24) is 0 Å². The molecule has 2 aromatic rings. The van der Waals surface area contributed by atoms with Gasteiger partial charge in [0.05, 0.1) is 16.2 Å². The molecule has 1 N–H and O–H groups in total. The summed E-state index contributed by atoms with van der Waals surface area (Å²) in [5.41, 5.74) is 0.284. The van der Waals surface area contributed by atoms with E-state index in [1.54, 1.807) is 52.0 Å². The van der Waals surface area contributed by atoms with Crippen LogP contribution in [0.2, 0.25) is 5.02 Å². The predicted octanol–water partition coefficient (Wildman–Crippen LogP) is 6.31. The van der Waals surface area contributed by atoms with Crippen molar-refractivity contribution in [3.8, 4) is 17.6 Å². The van der Waals surface area contributed by atoms with Gasteiger partial charge in [0, 0.05) is 6.07 Å². The largest absolute Gasteiger partial charge is 0.508 e. The van der Waals surface area contributed by atoms with Gasteiger partial charge >= 0.3 is 0 Å². The maximum atomic E-state index is 13.3. The summed E-state index contributed by atoms with van der Waals surface area (Å²) in [6, 6.07) is 12.5. The summed E-state index contributed by atoms with van der Waals surface area (Å²) in [5, 5.41) is 20.4. The molecule has 1 heterocycles. The maximum absolute atomic E-state index is 13.3. The summed E-state index contributed by atoms with van der Waals surface area (Å²) in [5.74, 6) is 1.01. The van der Waals surface area contributed by atoms with Crippen molar-refractivity contribution in [3.05, 3.63) is 63.9 Å². The summed E-state index contributed by atoms with van der Waals surface area (Å²) in [6.07, 6.45) is 2.09. The first-order chi connectivity index (χ1) is 14.5. The highest BCUT2D eigenvalue weighted by atomic mass is 35.5. The van der Waals surface area contributed by atoms with Gasteiger partial charge in [0.1, 0.15) is 34.5 Å². The smallest absolute Gasteiger partial charge is 0.198 e. The van der Waals surface area contributed by atoms with Crippen LogP contribution >= 0.6 is 11.6 Å². The van der Waals surface area contributed by atoms with Gasteiger partial charge in [-0.1, -0.05) is 17.7 Å². The van der Waals surface area contributed by atoms with Crippen molar-refractivity contribution in [3.63, 3.8) is 0 Å². The van der Waals surface area contributed by atoms with Gasteiger partial charge in [-0.05, 0) is 81.8 Å². The van der Waals surface area contributed by atoms with Crippen molar-refractivity contribution in [2.24, 2.45) is 0 Å². The van der Waals surface area contributed by atoms with Crippen LogP contribution in [0.4, 0.5) is 0 Å². The number of ketones is 1. The summed E-state index contributed by atoms with van der Waals surface area (Å²) in [4.78, 5) is 13.3. The van der Waals surface area contributed by atoms with E-state index >= 15 is 0 Å². The molecular formula is C25H24ClNO4. The number of carbonyl (C=O) groups excluding carboxylic acids is 1. The molecule has 1 aliphatic heterocycles. The number of aliphatic hydroxyl groups excluding tert-OH is 1. The van der Waals surface area contributed by atoms with E-state index in [0.717, 1.165) is 18.4 Å². The zero-order valence-electron chi connectivity index (χ0n) is 18.0. The molecule has 0 radical (unpaired) electrons. The molecule has 1 aliphatic carbocycles. The SMILES string of the molecule is CC1(C)OC(C)(C)C(O)=C(c2cc(Oc3ccc(C#N)c(Cl)c3)ccc2C2CC2)C1=O. The van der Waals surface area contributed by atoms with E-state index in [0.29, 0.717) is 33.6 Å². The molecule has 0 spiro atoms. The quantitative estimate of drug-likeness (QED) is 0.606. The van der Waals surface area contributed by atoms with Gasteiger partial charge in [-0.3, -0.25) is 4.79 Å². The molecule has 4 rings (SSSR count). The van der Waals surface area contributed by atoms with Gasteiger partial charge in [0.25, 0.3) is 0 Å². The number of hydrogen-bond donors (Lipinski definition) is 1. The van der Waals surface area contributed by atoms with E-state index in [2.05, 4.69) is 0 Å². The third-order valence-corrected chi connectivity index (χ3v) is 6.01. The van der Waals surface area contributed by atoms with E-state index < -0.39 is 11.2 Å². The molecule has 0 unspecified atom stereocenters. The minimum absolute atomic E-state index is 0.0720. The second-order valence-corrected chi connectivity index (χ2v) is 9.46. The topological polar surface area (TPSA) is 79.5 Å². The Morgan fingerprint density at radius 2 is 1.74 bits per heavy atom. The van der Waals surface area contributed by atoms with Gasteiger partial charge in [-0.2, -0.15) is 5.26 Å². The molecule has 0 amide bonds. The number of ether oxygens (including phenoxy) is 2. The number of benzene rings is 2. The highest BCUT2D eigenvalue weighted by molar-refractivity contribution is 6.31. The van der Waals surface area contributed by atoms with E-state index in [1.165, 1.54) is 0 Å². The van der Waals surface area contributed by atoms with Crippen LogP contribution in [0.1, 0.15) is 63.1 Å². The molecule has 2 aromatic carbocycles. The molecular weight excluding hydrogens is 414 g/mol. The highest BCUT2D eigenvalue weighted by Gasteiger charge is 2.48. The number of halogens is 1. The first-order valence-corrected chi connectivity index (χ1v) is 10.6. The number of nitriles is 1. The molecule has 0 aromatic heterocycles. The Balaban J connectivity index is 1.81. The fourth-order valence-corrected chi connectivity index (χ4v) is 4.26.